The van der Waals surface area contributed by atoms with Crippen molar-refractivity contribution in [1.82, 2.24) is 0 Å². The number of benzene rings is 1. The standard InChI is InChI=1S/C9H11BrClNO/c1-5(12)6-3-4-7(10)8(11)9(6)13-2/h3-5H,12H2,1-2H3. The molecule has 0 heterocycles. The van der Waals surface area contributed by atoms with Crippen LogP contribution in [0.4, 0.5) is 0 Å². The lowest BCUT2D eigenvalue weighted by Gasteiger charge is -2.13. The summed E-state index contributed by atoms with van der Waals surface area (Å²) in [5, 5.41) is 0.567. The molecule has 4 heteroatoms. The fourth-order valence-corrected chi connectivity index (χ4v) is 1.67. The summed E-state index contributed by atoms with van der Waals surface area (Å²) in [4.78, 5) is 0. The molecule has 0 aliphatic rings. The average Bonchev–Trinajstić information content (AvgIpc) is 2.09. The Balaban J connectivity index is 3.30. The van der Waals surface area contributed by atoms with Crippen LogP contribution in [-0.4, -0.2) is 7.11 Å². The summed E-state index contributed by atoms with van der Waals surface area (Å²) in [5.41, 5.74) is 6.67. The van der Waals surface area contributed by atoms with Gasteiger partial charge in [-0.1, -0.05) is 17.7 Å². The lowest BCUT2D eigenvalue weighted by atomic mass is 10.1. The molecule has 72 valence electrons. The summed E-state index contributed by atoms with van der Waals surface area (Å²) in [6.07, 6.45) is 0. The smallest absolute Gasteiger partial charge is 0.143 e. The Morgan fingerprint density at radius 2 is 2.15 bits per heavy atom. The SMILES string of the molecule is COc1c(C(C)N)ccc(Br)c1Cl. The van der Waals surface area contributed by atoms with E-state index in [2.05, 4.69) is 15.9 Å². The highest BCUT2D eigenvalue weighted by atomic mass is 79.9. The molecule has 0 saturated heterocycles. The Bertz CT molecular complexity index is 315. The molecular weight excluding hydrogens is 253 g/mol. The molecule has 2 nitrogen and oxygen atoms in total. The highest BCUT2D eigenvalue weighted by Gasteiger charge is 2.13. The van der Waals surface area contributed by atoms with E-state index in [0.29, 0.717) is 10.8 Å². The van der Waals surface area contributed by atoms with Crippen LogP contribution < -0.4 is 10.5 Å². The second kappa shape index (κ2) is 4.31. The topological polar surface area (TPSA) is 35.2 Å². The first kappa shape index (κ1) is 10.8. The van der Waals surface area contributed by atoms with Crippen LogP contribution in [0.1, 0.15) is 18.5 Å². The van der Waals surface area contributed by atoms with Crippen LogP contribution in [0.25, 0.3) is 0 Å². The predicted molar refractivity (Wildman–Crippen MR) is 58.3 cm³/mol. The van der Waals surface area contributed by atoms with Crippen LogP contribution >= 0.6 is 27.5 Å². The molecule has 0 amide bonds. The number of hydrogen-bond donors (Lipinski definition) is 1. The van der Waals surface area contributed by atoms with E-state index < -0.39 is 0 Å². The van der Waals surface area contributed by atoms with E-state index in [-0.39, 0.29) is 6.04 Å². The zero-order chi connectivity index (χ0) is 10.0. The maximum Gasteiger partial charge on any atom is 0.143 e. The minimum atomic E-state index is -0.0828. The van der Waals surface area contributed by atoms with Gasteiger partial charge in [-0.25, -0.2) is 0 Å². The summed E-state index contributed by atoms with van der Waals surface area (Å²) in [6, 6.07) is 3.68. The lowest BCUT2D eigenvalue weighted by Crippen LogP contribution is -2.07. The predicted octanol–water partition coefficient (Wildman–Crippen LogP) is 3.13. The van der Waals surface area contributed by atoms with E-state index in [1.807, 2.05) is 19.1 Å². The molecule has 1 atom stereocenters. The summed E-state index contributed by atoms with van der Waals surface area (Å²) in [7, 11) is 1.58. The van der Waals surface area contributed by atoms with Crippen LogP contribution in [0.2, 0.25) is 5.02 Å². The molecule has 0 radical (unpaired) electrons. The number of halogens is 2. The number of nitrogens with two attached hydrogens (primary N) is 1. The molecule has 0 aromatic heterocycles. The Hall–Kier alpha value is -0.250. The molecule has 0 aliphatic heterocycles. The van der Waals surface area contributed by atoms with Crippen molar-refractivity contribution in [3.63, 3.8) is 0 Å². The van der Waals surface area contributed by atoms with Crippen molar-refractivity contribution in [1.29, 1.82) is 0 Å². The van der Waals surface area contributed by atoms with E-state index in [9.17, 15) is 0 Å². The number of rotatable bonds is 2. The molecule has 0 aliphatic carbocycles. The van der Waals surface area contributed by atoms with Gasteiger partial charge in [-0.2, -0.15) is 0 Å². The summed E-state index contributed by atoms with van der Waals surface area (Å²) >= 11 is 9.33. The van der Waals surface area contributed by atoms with E-state index in [1.165, 1.54) is 0 Å². The second-order valence-electron chi connectivity index (χ2n) is 2.77. The first-order valence-corrected chi connectivity index (χ1v) is 5.02. The fraction of sp³-hybridized carbons (Fsp3) is 0.333. The van der Waals surface area contributed by atoms with Gasteiger partial charge in [0.05, 0.1) is 12.1 Å². The molecule has 1 aromatic rings. The van der Waals surface area contributed by atoms with Gasteiger partial charge in [0.25, 0.3) is 0 Å². The molecule has 2 N–H and O–H groups in total. The third kappa shape index (κ3) is 2.16. The van der Waals surface area contributed by atoms with Gasteiger partial charge in [0.1, 0.15) is 5.75 Å². The first-order valence-electron chi connectivity index (χ1n) is 3.85. The minimum Gasteiger partial charge on any atom is -0.495 e. The van der Waals surface area contributed by atoms with Crippen molar-refractivity contribution in [2.75, 3.05) is 7.11 Å². The molecule has 0 spiro atoms. The Morgan fingerprint density at radius 1 is 1.54 bits per heavy atom. The van der Waals surface area contributed by atoms with Crippen LogP contribution in [0, 0.1) is 0 Å². The van der Waals surface area contributed by atoms with Crippen LogP contribution in [0.3, 0.4) is 0 Å². The minimum absolute atomic E-state index is 0.0828. The van der Waals surface area contributed by atoms with Gasteiger partial charge in [-0.05, 0) is 28.9 Å². The Morgan fingerprint density at radius 3 is 2.62 bits per heavy atom. The zero-order valence-corrected chi connectivity index (χ0v) is 9.82. The fourth-order valence-electron chi connectivity index (χ4n) is 1.11. The van der Waals surface area contributed by atoms with Gasteiger partial charge in [0.2, 0.25) is 0 Å². The quantitative estimate of drug-likeness (QED) is 0.891. The molecule has 0 bridgehead atoms. The van der Waals surface area contributed by atoms with Crippen LogP contribution in [0.15, 0.2) is 16.6 Å². The van der Waals surface area contributed by atoms with Crippen molar-refractivity contribution in [2.24, 2.45) is 5.73 Å². The first-order chi connectivity index (χ1) is 6.07. The molecule has 1 unspecified atom stereocenters. The summed E-state index contributed by atoms with van der Waals surface area (Å²) < 4.78 is 5.99. The molecule has 13 heavy (non-hydrogen) atoms. The zero-order valence-electron chi connectivity index (χ0n) is 7.47. The van der Waals surface area contributed by atoms with Crippen molar-refractivity contribution < 1.29 is 4.74 Å². The third-order valence-corrected chi connectivity index (χ3v) is 3.04. The van der Waals surface area contributed by atoms with E-state index in [4.69, 9.17) is 22.1 Å². The van der Waals surface area contributed by atoms with Crippen LogP contribution in [0.5, 0.6) is 5.75 Å². The van der Waals surface area contributed by atoms with E-state index in [1.54, 1.807) is 7.11 Å². The maximum absolute atomic E-state index is 6.02. The van der Waals surface area contributed by atoms with Crippen molar-refractivity contribution in [3.8, 4) is 5.75 Å². The summed E-state index contributed by atoms with van der Waals surface area (Å²) in [5.74, 6) is 0.644. The van der Waals surface area contributed by atoms with Gasteiger partial charge < -0.3 is 10.5 Å². The molecule has 0 saturated carbocycles. The van der Waals surface area contributed by atoms with E-state index >= 15 is 0 Å². The largest absolute Gasteiger partial charge is 0.495 e. The maximum atomic E-state index is 6.02. The molecule has 0 fully saturated rings. The normalized spacial score (nSPS) is 12.7. The highest BCUT2D eigenvalue weighted by molar-refractivity contribution is 9.10. The number of methoxy groups -OCH3 is 1. The average molecular weight is 265 g/mol. The molecule has 1 rings (SSSR count). The lowest BCUT2D eigenvalue weighted by molar-refractivity contribution is 0.407. The third-order valence-electron chi connectivity index (χ3n) is 1.78. The van der Waals surface area contributed by atoms with Crippen molar-refractivity contribution in [3.05, 3.63) is 27.2 Å². The Kier molecular flexibility index (Phi) is 3.59. The van der Waals surface area contributed by atoms with Gasteiger partial charge >= 0.3 is 0 Å². The van der Waals surface area contributed by atoms with Crippen LogP contribution in [-0.2, 0) is 0 Å². The molecular formula is C9H11BrClNO. The number of hydrogen-bond acceptors (Lipinski definition) is 2. The van der Waals surface area contributed by atoms with E-state index in [0.717, 1.165) is 10.0 Å². The number of ether oxygens (including phenoxy) is 1. The van der Waals surface area contributed by atoms with Crippen molar-refractivity contribution in [2.45, 2.75) is 13.0 Å². The van der Waals surface area contributed by atoms with Gasteiger partial charge in [-0.3, -0.25) is 0 Å². The van der Waals surface area contributed by atoms with Crippen molar-refractivity contribution >= 4 is 27.5 Å². The van der Waals surface area contributed by atoms with Gasteiger partial charge in [0.15, 0.2) is 0 Å². The van der Waals surface area contributed by atoms with Gasteiger partial charge in [-0.15, -0.1) is 0 Å². The van der Waals surface area contributed by atoms with Gasteiger partial charge in [0, 0.05) is 16.1 Å². The Labute approximate surface area is 91.2 Å². The second-order valence-corrected chi connectivity index (χ2v) is 4.00. The highest BCUT2D eigenvalue weighted by Crippen LogP contribution is 2.37. The monoisotopic (exact) mass is 263 g/mol. The molecule has 1 aromatic carbocycles. The summed E-state index contributed by atoms with van der Waals surface area (Å²) in [6.45, 7) is 1.89.